The Hall–Kier alpha value is -3.54. The number of para-hydroxylation sites is 1. The standard InChI is InChI=1S/C18H15N5O/c19-10-8-16(21-14-5-2-1-3-6-14)18-17(24)9-12-23(22-18)15-7-4-11-20-13-15/h1-13,19,21H/b16-8-,19-10?. The number of pyridine rings is 1. The van der Waals surface area contributed by atoms with Crippen molar-refractivity contribution in [1.29, 1.82) is 5.41 Å². The highest BCUT2D eigenvalue weighted by Crippen LogP contribution is 2.14. The Morgan fingerprint density at radius 2 is 1.96 bits per heavy atom. The van der Waals surface area contributed by atoms with Crippen LogP contribution in [0.2, 0.25) is 0 Å². The minimum atomic E-state index is -0.230. The average molecular weight is 317 g/mol. The number of rotatable bonds is 5. The van der Waals surface area contributed by atoms with Crippen LogP contribution in [0.15, 0.2) is 78.0 Å². The van der Waals surface area contributed by atoms with Crippen molar-refractivity contribution in [2.45, 2.75) is 0 Å². The van der Waals surface area contributed by atoms with Crippen molar-refractivity contribution in [3.05, 3.63) is 89.1 Å². The predicted molar refractivity (Wildman–Crippen MR) is 94.5 cm³/mol. The van der Waals surface area contributed by atoms with Crippen molar-refractivity contribution in [3.63, 3.8) is 0 Å². The van der Waals surface area contributed by atoms with Crippen LogP contribution < -0.4 is 10.7 Å². The Kier molecular flexibility index (Phi) is 4.57. The van der Waals surface area contributed by atoms with Crippen LogP contribution in [0.1, 0.15) is 5.69 Å². The van der Waals surface area contributed by atoms with E-state index < -0.39 is 0 Å². The van der Waals surface area contributed by atoms with Gasteiger partial charge in [0.1, 0.15) is 0 Å². The Morgan fingerprint density at radius 3 is 2.67 bits per heavy atom. The first kappa shape index (κ1) is 15.4. The molecule has 3 aromatic rings. The number of allylic oxidation sites excluding steroid dienone is 1. The zero-order valence-corrected chi connectivity index (χ0v) is 12.8. The van der Waals surface area contributed by atoms with Gasteiger partial charge in [-0.2, -0.15) is 5.10 Å². The number of nitrogens with one attached hydrogen (secondary N) is 2. The third kappa shape index (κ3) is 3.44. The molecule has 0 saturated carbocycles. The van der Waals surface area contributed by atoms with Gasteiger partial charge in [-0.05, 0) is 30.3 Å². The monoisotopic (exact) mass is 317 g/mol. The van der Waals surface area contributed by atoms with Gasteiger partial charge in [0.15, 0.2) is 5.69 Å². The van der Waals surface area contributed by atoms with E-state index in [0.29, 0.717) is 5.70 Å². The fourth-order valence-corrected chi connectivity index (χ4v) is 2.17. The quantitative estimate of drug-likeness (QED) is 0.709. The molecule has 0 aliphatic heterocycles. The lowest BCUT2D eigenvalue weighted by atomic mass is 10.2. The minimum Gasteiger partial charge on any atom is -0.354 e. The molecule has 0 aliphatic carbocycles. The molecular weight excluding hydrogens is 302 g/mol. The molecule has 0 aliphatic rings. The van der Waals surface area contributed by atoms with Gasteiger partial charge in [0, 0.05) is 30.4 Å². The van der Waals surface area contributed by atoms with E-state index in [1.165, 1.54) is 12.1 Å². The lowest BCUT2D eigenvalue weighted by molar-refractivity contribution is 0.820. The summed E-state index contributed by atoms with van der Waals surface area (Å²) >= 11 is 0. The summed E-state index contributed by atoms with van der Waals surface area (Å²) in [5.41, 5.74) is 2.01. The van der Waals surface area contributed by atoms with Crippen molar-refractivity contribution in [1.82, 2.24) is 14.8 Å². The molecule has 2 N–H and O–H groups in total. The molecule has 2 heterocycles. The predicted octanol–water partition coefficient (Wildman–Crippen LogP) is 2.73. The van der Waals surface area contributed by atoms with Crippen molar-refractivity contribution in [2.24, 2.45) is 0 Å². The molecule has 6 nitrogen and oxygen atoms in total. The van der Waals surface area contributed by atoms with Gasteiger partial charge < -0.3 is 10.7 Å². The van der Waals surface area contributed by atoms with Gasteiger partial charge in [-0.3, -0.25) is 9.78 Å². The molecule has 1 aromatic carbocycles. The van der Waals surface area contributed by atoms with E-state index in [-0.39, 0.29) is 11.1 Å². The van der Waals surface area contributed by atoms with E-state index in [4.69, 9.17) is 5.41 Å². The second-order valence-electron chi connectivity index (χ2n) is 4.92. The van der Waals surface area contributed by atoms with E-state index in [1.807, 2.05) is 36.4 Å². The van der Waals surface area contributed by atoms with Crippen LogP contribution in [0, 0.1) is 5.41 Å². The molecule has 0 saturated heterocycles. The van der Waals surface area contributed by atoms with E-state index in [2.05, 4.69) is 15.4 Å². The van der Waals surface area contributed by atoms with Crippen molar-refractivity contribution >= 4 is 17.6 Å². The molecular formula is C18H15N5O. The van der Waals surface area contributed by atoms with Crippen LogP contribution in [-0.4, -0.2) is 21.0 Å². The summed E-state index contributed by atoms with van der Waals surface area (Å²) < 4.78 is 1.58. The van der Waals surface area contributed by atoms with E-state index in [1.54, 1.807) is 29.3 Å². The van der Waals surface area contributed by atoms with Gasteiger partial charge in [0.05, 0.1) is 17.6 Å². The molecule has 6 heteroatoms. The van der Waals surface area contributed by atoms with Crippen LogP contribution in [0.25, 0.3) is 11.4 Å². The first-order valence-electron chi connectivity index (χ1n) is 7.31. The van der Waals surface area contributed by atoms with Crippen LogP contribution in [0.5, 0.6) is 0 Å². The summed E-state index contributed by atoms with van der Waals surface area (Å²) in [5.74, 6) is 0. The van der Waals surface area contributed by atoms with Gasteiger partial charge in [0.2, 0.25) is 5.43 Å². The lowest BCUT2D eigenvalue weighted by Gasteiger charge is -2.11. The Bertz CT molecular complexity index is 917. The highest BCUT2D eigenvalue weighted by atomic mass is 16.1. The topological polar surface area (TPSA) is 83.7 Å². The zero-order chi connectivity index (χ0) is 16.8. The maximum Gasteiger partial charge on any atom is 0.209 e. The fraction of sp³-hybridized carbons (Fsp3) is 0. The zero-order valence-electron chi connectivity index (χ0n) is 12.8. The van der Waals surface area contributed by atoms with Crippen LogP contribution in [0.3, 0.4) is 0 Å². The van der Waals surface area contributed by atoms with E-state index >= 15 is 0 Å². The van der Waals surface area contributed by atoms with Crippen molar-refractivity contribution < 1.29 is 0 Å². The highest BCUT2D eigenvalue weighted by molar-refractivity contribution is 5.86. The number of anilines is 1. The first-order chi connectivity index (χ1) is 11.8. The number of hydrogen-bond donors (Lipinski definition) is 2. The van der Waals surface area contributed by atoms with Crippen molar-refractivity contribution in [2.75, 3.05) is 5.32 Å². The Morgan fingerprint density at radius 1 is 1.12 bits per heavy atom. The number of benzene rings is 1. The second-order valence-corrected chi connectivity index (χ2v) is 4.92. The summed E-state index contributed by atoms with van der Waals surface area (Å²) in [6.07, 6.45) is 7.54. The maximum atomic E-state index is 12.3. The molecule has 0 fully saturated rings. The summed E-state index contributed by atoms with van der Waals surface area (Å²) in [7, 11) is 0. The van der Waals surface area contributed by atoms with Crippen LogP contribution >= 0.6 is 0 Å². The van der Waals surface area contributed by atoms with Gasteiger partial charge >= 0.3 is 0 Å². The summed E-state index contributed by atoms with van der Waals surface area (Å²) in [4.78, 5) is 16.3. The van der Waals surface area contributed by atoms with Crippen molar-refractivity contribution in [3.8, 4) is 5.69 Å². The second kappa shape index (κ2) is 7.15. The average Bonchev–Trinajstić information content (AvgIpc) is 2.63. The molecule has 3 rings (SSSR count). The Balaban J connectivity index is 2.03. The smallest absolute Gasteiger partial charge is 0.209 e. The molecule has 0 spiro atoms. The number of hydrogen-bond acceptors (Lipinski definition) is 5. The molecule has 24 heavy (non-hydrogen) atoms. The molecule has 0 atom stereocenters. The number of nitrogens with zero attached hydrogens (tertiary/aromatic N) is 3. The molecule has 0 amide bonds. The molecule has 118 valence electrons. The van der Waals surface area contributed by atoms with Crippen LogP contribution in [0.4, 0.5) is 5.69 Å². The molecule has 0 bridgehead atoms. The van der Waals surface area contributed by atoms with Gasteiger partial charge in [-0.1, -0.05) is 18.2 Å². The third-order valence-corrected chi connectivity index (χ3v) is 3.28. The fourth-order valence-electron chi connectivity index (χ4n) is 2.17. The lowest BCUT2D eigenvalue weighted by Crippen LogP contribution is -2.18. The van der Waals surface area contributed by atoms with Gasteiger partial charge in [0.25, 0.3) is 0 Å². The van der Waals surface area contributed by atoms with E-state index in [9.17, 15) is 4.79 Å². The summed E-state index contributed by atoms with van der Waals surface area (Å²) in [6, 6.07) is 14.5. The Labute approximate surface area is 138 Å². The normalized spacial score (nSPS) is 11.1. The maximum absolute atomic E-state index is 12.3. The SMILES string of the molecule is N=C/C=C(\Nc1ccccc1)c1nn(-c2cccnc2)ccc1=O. The summed E-state index contributed by atoms with van der Waals surface area (Å²) in [5, 5.41) is 14.9. The van der Waals surface area contributed by atoms with Gasteiger partial charge in [-0.25, -0.2) is 4.68 Å². The highest BCUT2D eigenvalue weighted by Gasteiger charge is 2.10. The first-order valence-corrected chi connectivity index (χ1v) is 7.31. The molecule has 2 aromatic heterocycles. The molecule has 0 unspecified atom stereocenters. The summed E-state index contributed by atoms with van der Waals surface area (Å²) in [6.45, 7) is 0. The largest absolute Gasteiger partial charge is 0.354 e. The van der Waals surface area contributed by atoms with Gasteiger partial charge in [-0.15, -0.1) is 0 Å². The van der Waals surface area contributed by atoms with E-state index in [0.717, 1.165) is 17.6 Å². The van der Waals surface area contributed by atoms with Crippen LogP contribution in [-0.2, 0) is 0 Å². The molecule has 0 radical (unpaired) electrons. The third-order valence-electron chi connectivity index (χ3n) is 3.28. The number of aromatic nitrogens is 3. The minimum absolute atomic E-state index is 0.230.